The van der Waals surface area contributed by atoms with Crippen LogP contribution in [0, 0.1) is 0 Å². The molecule has 2 aromatic rings. The number of anilines is 1. The summed E-state index contributed by atoms with van der Waals surface area (Å²) in [5, 5.41) is 10.9. The highest BCUT2D eigenvalue weighted by Gasteiger charge is 2.20. The normalized spacial score (nSPS) is 15.2. The molecule has 2 aromatic heterocycles. The van der Waals surface area contributed by atoms with E-state index < -0.39 is 0 Å². The Hall–Kier alpha value is -1.36. The minimum Gasteiger partial charge on any atom is -0.360 e. The Morgan fingerprint density at radius 1 is 1.33 bits per heavy atom. The minimum absolute atomic E-state index is 0. The summed E-state index contributed by atoms with van der Waals surface area (Å²) >= 11 is 1.80. The van der Waals surface area contributed by atoms with E-state index in [9.17, 15) is 0 Å². The average molecular weight is 504 g/mol. The summed E-state index contributed by atoms with van der Waals surface area (Å²) in [5.74, 6) is 2.69. The summed E-state index contributed by atoms with van der Waals surface area (Å²) in [7, 11) is 0. The average Bonchev–Trinajstić information content (AvgIpc) is 3.33. The SMILES string of the molecule is CCNC(=NCCc1nc(C(C)C)no1)N1CCN(c2cccs2)CC1.I. The van der Waals surface area contributed by atoms with Gasteiger partial charge in [0.25, 0.3) is 0 Å². The van der Waals surface area contributed by atoms with Gasteiger partial charge in [0, 0.05) is 45.1 Å². The molecule has 0 bridgehead atoms. The monoisotopic (exact) mass is 504 g/mol. The highest BCUT2D eigenvalue weighted by atomic mass is 127. The molecule has 7 nitrogen and oxygen atoms in total. The molecule has 9 heteroatoms. The lowest BCUT2D eigenvalue weighted by molar-refractivity contribution is 0.367. The van der Waals surface area contributed by atoms with Crippen LogP contribution < -0.4 is 10.2 Å². The zero-order valence-corrected chi connectivity index (χ0v) is 19.4. The molecule has 1 aliphatic rings. The van der Waals surface area contributed by atoms with Crippen LogP contribution in [0.5, 0.6) is 0 Å². The molecule has 0 spiro atoms. The number of hydrogen-bond donors (Lipinski definition) is 1. The Kier molecular flexibility index (Phi) is 8.81. The van der Waals surface area contributed by atoms with Gasteiger partial charge in [-0.2, -0.15) is 4.98 Å². The second kappa shape index (κ2) is 10.8. The number of halogens is 1. The second-order valence-electron chi connectivity index (χ2n) is 6.61. The van der Waals surface area contributed by atoms with Gasteiger partial charge in [0.2, 0.25) is 5.89 Å². The number of hydrogen-bond acceptors (Lipinski definition) is 6. The maximum absolute atomic E-state index is 5.30. The number of piperazine rings is 1. The van der Waals surface area contributed by atoms with E-state index in [-0.39, 0.29) is 29.9 Å². The first kappa shape index (κ1) is 21.9. The lowest BCUT2D eigenvalue weighted by Crippen LogP contribution is -2.52. The predicted molar refractivity (Wildman–Crippen MR) is 122 cm³/mol. The van der Waals surface area contributed by atoms with E-state index in [1.54, 1.807) is 11.3 Å². The molecule has 0 aromatic carbocycles. The van der Waals surface area contributed by atoms with E-state index >= 15 is 0 Å². The number of nitrogens with zero attached hydrogens (tertiary/aromatic N) is 5. The third-order valence-electron chi connectivity index (χ3n) is 4.32. The molecule has 1 fully saturated rings. The highest BCUT2D eigenvalue weighted by Crippen LogP contribution is 2.22. The van der Waals surface area contributed by atoms with Gasteiger partial charge < -0.3 is 19.6 Å². The largest absolute Gasteiger partial charge is 0.360 e. The van der Waals surface area contributed by atoms with Gasteiger partial charge in [0.05, 0.1) is 11.5 Å². The molecule has 1 N–H and O–H groups in total. The maximum Gasteiger partial charge on any atom is 0.228 e. The summed E-state index contributed by atoms with van der Waals surface area (Å²) in [6, 6.07) is 4.30. The number of nitrogens with one attached hydrogen (secondary N) is 1. The van der Waals surface area contributed by atoms with Crippen molar-refractivity contribution >= 4 is 46.3 Å². The number of rotatable bonds is 6. The molecule has 0 saturated carbocycles. The summed E-state index contributed by atoms with van der Waals surface area (Å²) in [4.78, 5) is 14.0. The Balaban J connectivity index is 0.00000261. The second-order valence-corrected chi connectivity index (χ2v) is 7.54. The number of aromatic nitrogens is 2. The number of aliphatic imine (C=N–C) groups is 1. The van der Waals surface area contributed by atoms with Gasteiger partial charge in [-0.1, -0.05) is 19.0 Å². The smallest absolute Gasteiger partial charge is 0.228 e. The molecule has 0 amide bonds. The first-order valence-corrected chi connectivity index (χ1v) is 10.2. The van der Waals surface area contributed by atoms with Crippen molar-refractivity contribution in [3.63, 3.8) is 0 Å². The standard InChI is InChI=1S/C18H28N6OS.HI/c1-4-19-18(20-8-7-15-21-17(14(2)3)22-25-15)24-11-9-23(10-12-24)16-6-5-13-26-16;/h5-6,13-14H,4,7-12H2,1-3H3,(H,19,20);1H. The van der Waals surface area contributed by atoms with Gasteiger partial charge >= 0.3 is 0 Å². The fourth-order valence-electron chi connectivity index (χ4n) is 2.88. The van der Waals surface area contributed by atoms with Crippen molar-refractivity contribution in [2.24, 2.45) is 4.99 Å². The fourth-order valence-corrected chi connectivity index (χ4v) is 3.66. The highest BCUT2D eigenvalue weighted by molar-refractivity contribution is 14.0. The van der Waals surface area contributed by atoms with Crippen LogP contribution in [-0.2, 0) is 6.42 Å². The molecular formula is C18H29IN6OS. The van der Waals surface area contributed by atoms with Crippen LogP contribution in [-0.4, -0.2) is 60.3 Å². The van der Waals surface area contributed by atoms with Crippen LogP contribution in [0.3, 0.4) is 0 Å². The number of thiophene rings is 1. The molecule has 1 saturated heterocycles. The quantitative estimate of drug-likeness (QED) is 0.370. The third kappa shape index (κ3) is 6.06. The Labute approximate surface area is 182 Å². The third-order valence-corrected chi connectivity index (χ3v) is 5.25. The van der Waals surface area contributed by atoms with Crippen LogP contribution in [0.15, 0.2) is 27.0 Å². The summed E-state index contributed by atoms with van der Waals surface area (Å²) in [6.45, 7) is 11.7. The molecule has 0 atom stereocenters. The Bertz CT molecular complexity index is 695. The van der Waals surface area contributed by atoms with E-state index in [1.165, 1.54) is 5.00 Å². The molecular weight excluding hydrogens is 475 g/mol. The Morgan fingerprint density at radius 2 is 2.11 bits per heavy atom. The first-order chi connectivity index (χ1) is 12.7. The zero-order valence-electron chi connectivity index (χ0n) is 16.2. The molecule has 0 radical (unpaired) electrons. The topological polar surface area (TPSA) is 69.8 Å². The van der Waals surface area contributed by atoms with Crippen molar-refractivity contribution in [1.29, 1.82) is 0 Å². The van der Waals surface area contributed by atoms with Gasteiger partial charge in [-0.15, -0.1) is 35.3 Å². The van der Waals surface area contributed by atoms with E-state index in [1.807, 2.05) is 0 Å². The van der Waals surface area contributed by atoms with Crippen LogP contribution in [0.25, 0.3) is 0 Å². The van der Waals surface area contributed by atoms with Crippen molar-refractivity contribution in [1.82, 2.24) is 20.4 Å². The lowest BCUT2D eigenvalue weighted by atomic mass is 10.2. The molecule has 3 rings (SSSR count). The van der Waals surface area contributed by atoms with Gasteiger partial charge in [-0.3, -0.25) is 4.99 Å². The zero-order chi connectivity index (χ0) is 18.4. The van der Waals surface area contributed by atoms with Crippen LogP contribution >= 0.6 is 35.3 Å². The van der Waals surface area contributed by atoms with Gasteiger partial charge in [-0.05, 0) is 24.4 Å². The molecule has 0 unspecified atom stereocenters. The van der Waals surface area contributed by atoms with Gasteiger partial charge in [0.15, 0.2) is 11.8 Å². The van der Waals surface area contributed by atoms with Crippen molar-refractivity contribution in [3.8, 4) is 0 Å². The van der Waals surface area contributed by atoms with Gasteiger partial charge in [0.1, 0.15) is 0 Å². The molecule has 27 heavy (non-hydrogen) atoms. The van der Waals surface area contributed by atoms with Crippen LogP contribution in [0.4, 0.5) is 5.00 Å². The first-order valence-electron chi connectivity index (χ1n) is 9.31. The van der Waals surface area contributed by atoms with Crippen molar-refractivity contribution in [2.45, 2.75) is 33.1 Å². The van der Waals surface area contributed by atoms with Crippen LogP contribution in [0.1, 0.15) is 38.4 Å². The van der Waals surface area contributed by atoms with E-state index in [2.05, 4.69) is 63.5 Å². The van der Waals surface area contributed by atoms with E-state index in [4.69, 9.17) is 9.52 Å². The van der Waals surface area contributed by atoms with Crippen molar-refractivity contribution in [3.05, 3.63) is 29.2 Å². The van der Waals surface area contributed by atoms with Crippen molar-refractivity contribution < 1.29 is 4.52 Å². The minimum atomic E-state index is 0. The summed E-state index contributed by atoms with van der Waals surface area (Å²) < 4.78 is 5.30. The lowest BCUT2D eigenvalue weighted by Gasteiger charge is -2.37. The fraction of sp³-hybridized carbons (Fsp3) is 0.611. The summed E-state index contributed by atoms with van der Waals surface area (Å²) in [6.07, 6.45) is 0.670. The maximum atomic E-state index is 5.30. The van der Waals surface area contributed by atoms with Crippen LogP contribution in [0.2, 0.25) is 0 Å². The summed E-state index contributed by atoms with van der Waals surface area (Å²) in [5.41, 5.74) is 0. The van der Waals surface area contributed by atoms with E-state index in [0.717, 1.165) is 44.5 Å². The molecule has 1 aliphatic heterocycles. The molecule has 150 valence electrons. The molecule has 0 aliphatic carbocycles. The van der Waals surface area contributed by atoms with E-state index in [0.29, 0.717) is 18.9 Å². The van der Waals surface area contributed by atoms with Crippen molar-refractivity contribution in [2.75, 3.05) is 44.2 Å². The predicted octanol–water partition coefficient (Wildman–Crippen LogP) is 3.20. The molecule has 3 heterocycles. The van der Waals surface area contributed by atoms with Gasteiger partial charge in [-0.25, -0.2) is 0 Å². The Morgan fingerprint density at radius 3 is 2.70 bits per heavy atom. The number of guanidine groups is 1.